The molecule has 0 aliphatic carbocycles. The Hall–Kier alpha value is -3.03. The summed E-state index contributed by atoms with van der Waals surface area (Å²) in [7, 11) is 0. The molecule has 0 saturated carbocycles. The van der Waals surface area contributed by atoms with Crippen molar-refractivity contribution in [2.24, 2.45) is 0 Å². The van der Waals surface area contributed by atoms with Gasteiger partial charge in [-0.1, -0.05) is 48.9 Å². The fraction of sp³-hybridized carbons (Fsp3) is 0.240. The predicted molar refractivity (Wildman–Crippen MR) is 131 cm³/mol. The van der Waals surface area contributed by atoms with Crippen LogP contribution in [0, 0.1) is 0 Å². The molecule has 0 unspecified atom stereocenters. The molecule has 1 fully saturated rings. The summed E-state index contributed by atoms with van der Waals surface area (Å²) in [5, 5.41) is 1.17. The highest BCUT2D eigenvalue weighted by Crippen LogP contribution is 2.34. The lowest BCUT2D eigenvalue weighted by molar-refractivity contribution is -0.150. The monoisotopic (exact) mass is 482 g/mol. The predicted octanol–water partition coefficient (Wildman–Crippen LogP) is 5.72. The van der Waals surface area contributed by atoms with Crippen LogP contribution in [0.1, 0.15) is 31.4 Å². The van der Waals surface area contributed by atoms with Crippen molar-refractivity contribution in [3.05, 3.63) is 75.8 Å². The SMILES string of the molecule is CC[C@@H](C)OC(=O)CN1C(=O)S/C(=C\c2cn(Cc3ccc(Cl)cc3)c3ccccc23)C1=O. The Balaban J connectivity index is 1.60. The number of hydrogen-bond donors (Lipinski definition) is 0. The maximum Gasteiger partial charge on any atom is 0.326 e. The van der Waals surface area contributed by atoms with E-state index in [1.807, 2.05) is 61.7 Å². The van der Waals surface area contributed by atoms with E-state index in [1.165, 1.54) is 0 Å². The minimum Gasteiger partial charge on any atom is -0.461 e. The Morgan fingerprint density at radius 3 is 2.61 bits per heavy atom. The van der Waals surface area contributed by atoms with Crippen LogP contribution in [0.4, 0.5) is 4.79 Å². The van der Waals surface area contributed by atoms with Gasteiger partial charge in [-0.15, -0.1) is 0 Å². The van der Waals surface area contributed by atoms with Gasteiger partial charge < -0.3 is 9.30 Å². The van der Waals surface area contributed by atoms with Crippen molar-refractivity contribution in [3.8, 4) is 0 Å². The van der Waals surface area contributed by atoms with E-state index in [0.717, 1.165) is 38.7 Å². The molecule has 2 heterocycles. The van der Waals surface area contributed by atoms with Crippen molar-refractivity contribution in [2.75, 3.05) is 6.54 Å². The zero-order chi connectivity index (χ0) is 23.5. The molecule has 1 atom stereocenters. The second-order valence-corrected chi connectivity index (χ2v) is 9.26. The number of hydrogen-bond acceptors (Lipinski definition) is 5. The number of carbonyl (C=O) groups excluding carboxylic acids is 3. The van der Waals surface area contributed by atoms with Crippen molar-refractivity contribution in [2.45, 2.75) is 32.9 Å². The molecule has 0 bridgehead atoms. The highest BCUT2D eigenvalue weighted by molar-refractivity contribution is 8.18. The van der Waals surface area contributed by atoms with E-state index in [0.29, 0.717) is 18.0 Å². The maximum atomic E-state index is 12.9. The summed E-state index contributed by atoms with van der Waals surface area (Å²) in [5.41, 5.74) is 2.93. The molecule has 1 aromatic heterocycles. The lowest BCUT2D eigenvalue weighted by atomic mass is 10.1. The molecule has 0 spiro atoms. The summed E-state index contributed by atoms with van der Waals surface area (Å²) in [6.07, 6.45) is 4.07. The molecule has 170 valence electrons. The number of carbonyl (C=O) groups is 3. The van der Waals surface area contributed by atoms with Crippen LogP contribution in [-0.2, 0) is 20.9 Å². The number of para-hydroxylation sites is 1. The van der Waals surface area contributed by atoms with E-state index >= 15 is 0 Å². The summed E-state index contributed by atoms with van der Waals surface area (Å²) in [5.74, 6) is -1.08. The zero-order valence-electron chi connectivity index (χ0n) is 18.3. The van der Waals surface area contributed by atoms with Crippen molar-refractivity contribution in [1.82, 2.24) is 9.47 Å². The number of halogens is 1. The van der Waals surface area contributed by atoms with Gasteiger partial charge in [0.1, 0.15) is 6.54 Å². The second-order valence-electron chi connectivity index (χ2n) is 7.83. The van der Waals surface area contributed by atoms with Crippen LogP contribution < -0.4 is 0 Å². The number of nitrogens with zero attached hydrogens (tertiary/aromatic N) is 2. The number of thioether (sulfide) groups is 1. The number of imide groups is 1. The molecule has 1 aliphatic heterocycles. The van der Waals surface area contributed by atoms with Gasteiger partial charge in [-0.2, -0.15) is 0 Å². The smallest absolute Gasteiger partial charge is 0.326 e. The van der Waals surface area contributed by atoms with Crippen LogP contribution in [0.5, 0.6) is 0 Å². The first kappa shape index (κ1) is 23.1. The van der Waals surface area contributed by atoms with Crippen LogP contribution in [0.15, 0.2) is 59.6 Å². The van der Waals surface area contributed by atoms with Gasteiger partial charge in [-0.3, -0.25) is 19.3 Å². The molecular weight excluding hydrogens is 460 g/mol. The Labute approximate surface area is 201 Å². The van der Waals surface area contributed by atoms with Crippen LogP contribution >= 0.6 is 23.4 Å². The first-order chi connectivity index (χ1) is 15.9. The number of benzene rings is 2. The standard InChI is InChI=1S/C25H23ClN2O4S/c1-3-16(2)32-23(29)15-28-24(30)22(33-25(28)31)12-18-14-27(21-7-5-4-6-20(18)21)13-17-8-10-19(26)11-9-17/h4-12,14,16H,3,13,15H2,1-2H3/b22-12-/t16-/m1/s1. The van der Waals surface area contributed by atoms with E-state index in [2.05, 4.69) is 4.57 Å². The number of aromatic nitrogens is 1. The average Bonchev–Trinajstić information content (AvgIpc) is 3.27. The largest absolute Gasteiger partial charge is 0.461 e. The van der Waals surface area contributed by atoms with Gasteiger partial charge in [-0.25, -0.2) is 0 Å². The number of amides is 2. The molecule has 2 aromatic carbocycles. The van der Waals surface area contributed by atoms with Gasteiger partial charge in [0, 0.05) is 34.2 Å². The minimum atomic E-state index is -0.590. The number of ether oxygens (including phenoxy) is 1. The Kier molecular flexibility index (Phi) is 6.91. The van der Waals surface area contributed by atoms with Crippen molar-refractivity contribution >= 4 is 57.5 Å². The maximum absolute atomic E-state index is 12.9. The quantitative estimate of drug-likeness (QED) is 0.318. The van der Waals surface area contributed by atoms with Gasteiger partial charge in [0.05, 0.1) is 11.0 Å². The summed E-state index contributed by atoms with van der Waals surface area (Å²) >= 11 is 6.83. The Bertz CT molecular complexity index is 1250. The molecular formula is C25H23ClN2O4S. The molecule has 0 N–H and O–H groups in total. The van der Waals surface area contributed by atoms with Gasteiger partial charge in [0.2, 0.25) is 0 Å². The minimum absolute atomic E-state index is 0.264. The first-order valence-corrected chi connectivity index (χ1v) is 11.8. The topological polar surface area (TPSA) is 68.6 Å². The summed E-state index contributed by atoms with van der Waals surface area (Å²) in [6, 6.07) is 15.5. The molecule has 8 heteroatoms. The fourth-order valence-corrected chi connectivity index (χ4v) is 4.51. The average molecular weight is 483 g/mol. The van der Waals surface area contributed by atoms with E-state index in [-0.39, 0.29) is 17.6 Å². The number of rotatable bonds is 7. The van der Waals surface area contributed by atoms with Crippen LogP contribution in [0.25, 0.3) is 17.0 Å². The van der Waals surface area contributed by atoms with E-state index < -0.39 is 17.1 Å². The molecule has 4 rings (SSSR count). The highest BCUT2D eigenvalue weighted by atomic mass is 35.5. The molecule has 6 nitrogen and oxygen atoms in total. The lowest BCUT2D eigenvalue weighted by Crippen LogP contribution is -2.35. The molecule has 1 saturated heterocycles. The first-order valence-electron chi connectivity index (χ1n) is 10.6. The lowest BCUT2D eigenvalue weighted by Gasteiger charge is -2.14. The van der Waals surface area contributed by atoms with Crippen LogP contribution in [0.3, 0.4) is 0 Å². The van der Waals surface area contributed by atoms with Crippen molar-refractivity contribution in [3.63, 3.8) is 0 Å². The van der Waals surface area contributed by atoms with Gasteiger partial charge >= 0.3 is 5.97 Å². The molecule has 2 amide bonds. The van der Waals surface area contributed by atoms with Gasteiger partial charge in [-0.05, 0) is 54.9 Å². The Morgan fingerprint density at radius 2 is 1.88 bits per heavy atom. The van der Waals surface area contributed by atoms with Crippen LogP contribution in [0.2, 0.25) is 5.02 Å². The highest BCUT2D eigenvalue weighted by Gasteiger charge is 2.37. The third kappa shape index (κ3) is 5.15. The molecule has 1 aliphatic rings. The van der Waals surface area contributed by atoms with E-state index in [4.69, 9.17) is 16.3 Å². The molecule has 3 aromatic rings. The number of fused-ring (bicyclic) bond motifs is 1. The molecule has 33 heavy (non-hydrogen) atoms. The van der Waals surface area contributed by atoms with E-state index in [1.54, 1.807) is 13.0 Å². The fourth-order valence-electron chi connectivity index (χ4n) is 3.56. The number of esters is 1. The summed E-state index contributed by atoms with van der Waals surface area (Å²) < 4.78 is 7.31. The van der Waals surface area contributed by atoms with Gasteiger partial charge in [0.25, 0.3) is 11.1 Å². The van der Waals surface area contributed by atoms with Crippen molar-refractivity contribution in [1.29, 1.82) is 0 Å². The summed E-state index contributed by atoms with van der Waals surface area (Å²) in [4.78, 5) is 38.6. The Morgan fingerprint density at radius 1 is 1.15 bits per heavy atom. The normalized spacial score (nSPS) is 16.1. The third-order valence-electron chi connectivity index (χ3n) is 5.44. The second kappa shape index (κ2) is 9.85. The van der Waals surface area contributed by atoms with Gasteiger partial charge in [0.15, 0.2) is 0 Å². The van der Waals surface area contributed by atoms with Crippen LogP contribution in [-0.4, -0.2) is 39.2 Å². The zero-order valence-corrected chi connectivity index (χ0v) is 19.9. The third-order valence-corrected chi connectivity index (χ3v) is 6.60. The van der Waals surface area contributed by atoms with E-state index in [9.17, 15) is 14.4 Å². The molecule has 0 radical (unpaired) electrons. The summed E-state index contributed by atoms with van der Waals surface area (Å²) in [6.45, 7) is 3.91. The van der Waals surface area contributed by atoms with Crippen molar-refractivity contribution < 1.29 is 19.1 Å².